The minimum absolute atomic E-state index is 0.0464. The lowest BCUT2D eigenvalue weighted by Gasteiger charge is -2.39. The van der Waals surface area contributed by atoms with E-state index in [0.29, 0.717) is 11.8 Å². The molecule has 1 nitrogen and oxygen atoms in total. The van der Waals surface area contributed by atoms with Crippen molar-refractivity contribution >= 4 is 12.4 Å². The summed E-state index contributed by atoms with van der Waals surface area (Å²) < 4.78 is 0. The molecule has 0 aromatic heterocycles. The third kappa shape index (κ3) is 2.50. The fourth-order valence-corrected chi connectivity index (χ4v) is 3.97. The SMILES string of the molecule is CC1(C)CCC=C(C2(CCC=O)C=Cc3ccccc32)C1. The Hall–Kier alpha value is -1.63. The summed E-state index contributed by atoms with van der Waals surface area (Å²) in [5.41, 5.74) is 4.53. The van der Waals surface area contributed by atoms with Crippen LogP contribution in [0.25, 0.3) is 6.08 Å². The van der Waals surface area contributed by atoms with Crippen molar-refractivity contribution in [2.24, 2.45) is 5.41 Å². The summed E-state index contributed by atoms with van der Waals surface area (Å²) in [5.74, 6) is 0. The number of rotatable bonds is 4. The van der Waals surface area contributed by atoms with Gasteiger partial charge in [0.2, 0.25) is 0 Å². The van der Waals surface area contributed by atoms with Crippen molar-refractivity contribution in [2.45, 2.75) is 51.4 Å². The summed E-state index contributed by atoms with van der Waals surface area (Å²) in [6, 6.07) is 8.64. The molecule has 21 heavy (non-hydrogen) atoms. The van der Waals surface area contributed by atoms with E-state index in [1.807, 2.05) is 0 Å². The lowest BCUT2D eigenvalue weighted by Crippen LogP contribution is -2.30. The number of fused-ring (bicyclic) bond motifs is 1. The van der Waals surface area contributed by atoms with Gasteiger partial charge in [0.15, 0.2) is 0 Å². The molecule has 0 amide bonds. The van der Waals surface area contributed by atoms with Gasteiger partial charge in [-0.3, -0.25) is 0 Å². The first-order valence-corrected chi connectivity index (χ1v) is 7.99. The Bertz CT molecular complexity index is 606. The van der Waals surface area contributed by atoms with Gasteiger partial charge in [0.05, 0.1) is 0 Å². The highest BCUT2D eigenvalue weighted by Crippen LogP contribution is 2.50. The summed E-state index contributed by atoms with van der Waals surface area (Å²) >= 11 is 0. The molecule has 0 saturated heterocycles. The maximum absolute atomic E-state index is 11.0. The molecule has 3 rings (SSSR count). The molecule has 0 spiro atoms. The zero-order chi connectivity index (χ0) is 14.9. The number of hydrogen-bond donors (Lipinski definition) is 0. The topological polar surface area (TPSA) is 17.1 Å². The van der Waals surface area contributed by atoms with E-state index in [2.05, 4.69) is 56.3 Å². The molecule has 0 radical (unpaired) electrons. The number of aldehydes is 1. The van der Waals surface area contributed by atoms with Crippen molar-refractivity contribution in [3.63, 3.8) is 0 Å². The Kier molecular flexibility index (Phi) is 3.61. The smallest absolute Gasteiger partial charge is 0.120 e. The lowest BCUT2D eigenvalue weighted by molar-refractivity contribution is -0.108. The van der Waals surface area contributed by atoms with E-state index >= 15 is 0 Å². The molecule has 0 heterocycles. The quantitative estimate of drug-likeness (QED) is 0.556. The van der Waals surface area contributed by atoms with E-state index in [9.17, 15) is 4.79 Å². The molecule has 110 valence electrons. The maximum atomic E-state index is 11.0. The molecule has 1 atom stereocenters. The van der Waals surface area contributed by atoms with E-state index in [4.69, 9.17) is 0 Å². The standard InChI is InChI=1S/C20H24O/c1-19(2)11-5-8-17(15-19)20(12-6-14-21)13-10-16-7-3-4-9-18(16)20/h3-4,7-10,13-14H,5-6,11-12,15H2,1-2H3. The Morgan fingerprint density at radius 1 is 1.24 bits per heavy atom. The van der Waals surface area contributed by atoms with Gasteiger partial charge in [0.1, 0.15) is 6.29 Å². The highest BCUT2D eigenvalue weighted by atomic mass is 16.1. The van der Waals surface area contributed by atoms with Gasteiger partial charge < -0.3 is 4.79 Å². The summed E-state index contributed by atoms with van der Waals surface area (Å²) in [7, 11) is 0. The molecule has 0 N–H and O–H groups in total. The van der Waals surface area contributed by atoms with Crippen molar-refractivity contribution in [2.75, 3.05) is 0 Å². The van der Waals surface area contributed by atoms with Crippen LogP contribution in [0.4, 0.5) is 0 Å². The normalized spacial score (nSPS) is 26.3. The van der Waals surface area contributed by atoms with Gasteiger partial charge >= 0.3 is 0 Å². The van der Waals surface area contributed by atoms with E-state index in [1.54, 1.807) is 0 Å². The average molecular weight is 280 g/mol. The van der Waals surface area contributed by atoms with Crippen molar-refractivity contribution in [1.29, 1.82) is 0 Å². The van der Waals surface area contributed by atoms with E-state index in [-0.39, 0.29) is 5.41 Å². The Morgan fingerprint density at radius 3 is 2.81 bits per heavy atom. The maximum Gasteiger partial charge on any atom is 0.120 e. The molecule has 0 bridgehead atoms. The van der Waals surface area contributed by atoms with Crippen LogP contribution in [0.15, 0.2) is 42.0 Å². The first kappa shape index (κ1) is 14.3. The molecule has 0 aliphatic heterocycles. The second kappa shape index (κ2) is 5.29. The van der Waals surface area contributed by atoms with Gasteiger partial charge in [0, 0.05) is 11.8 Å². The first-order chi connectivity index (χ1) is 10.1. The van der Waals surface area contributed by atoms with Crippen molar-refractivity contribution in [3.8, 4) is 0 Å². The zero-order valence-corrected chi connectivity index (χ0v) is 13.1. The predicted molar refractivity (Wildman–Crippen MR) is 88.2 cm³/mol. The van der Waals surface area contributed by atoms with Crippen molar-refractivity contribution in [1.82, 2.24) is 0 Å². The molecule has 2 aliphatic carbocycles. The van der Waals surface area contributed by atoms with Gasteiger partial charge in [-0.2, -0.15) is 0 Å². The number of allylic oxidation sites excluding steroid dienone is 3. The molecule has 0 saturated carbocycles. The fraction of sp³-hybridized carbons (Fsp3) is 0.450. The van der Waals surface area contributed by atoms with Crippen LogP contribution in [0.2, 0.25) is 0 Å². The van der Waals surface area contributed by atoms with Gasteiger partial charge in [0.25, 0.3) is 0 Å². The molecule has 1 aromatic carbocycles. The molecule has 0 fully saturated rings. The summed E-state index contributed by atoms with van der Waals surface area (Å²) in [6.07, 6.45) is 13.1. The zero-order valence-electron chi connectivity index (χ0n) is 13.1. The number of hydrogen-bond acceptors (Lipinski definition) is 1. The molecular formula is C20H24O. The highest BCUT2D eigenvalue weighted by Gasteiger charge is 2.40. The predicted octanol–water partition coefficient (Wildman–Crippen LogP) is 5.07. The first-order valence-electron chi connectivity index (χ1n) is 7.99. The second-order valence-corrected chi connectivity index (χ2v) is 7.21. The fourth-order valence-electron chi connectivity index (χ4n) is 3.97. The minimum atomic E-state index is -0.0464. The number of benzene rings is 1. The Labute approximate surface area is 127 Å². The Morgan fingerprint density at radius 2 is 2.05 bits per heavy atom. The van der Waals surface area contributed by atoms with Gasteiger partial charge in [-0.1, -0.05) is 61.9 Å². The monoisotopic (exact) mass is 280 g/mol. The van der Waals surface area contributed by atoms with Crippen molar-refractivity contribution < 1.29 is 4.79 Å². The summed E-state index contributed by atoms with van der Waals surface area (Å²) in [5, 5.41) is 0. The van der Waals surface area contributed by atoms with Crippen molar-refractivity contribution in [3.05, 3.63) is 53.1 Å². The van der Waals surface area contributed by atoms with E-state index in [1.165, 1.54) is 23.1 Å². The van der Waals surface area contributed by atoms with Crippen LogP contribution >= 0.6 is 0 Å². The largest absolute Gasteiger partial charge is 0.303 e. The lowest BCUT2D eigenvalue weighted by atomic mass is 9.64. The van der Waals surface area contributed by atoms with E-state index in [0.717, 1.165) is 25.5 Å². The molecule has 1 aromatic rings. The van der Waals surface area contributed by atoms with Crippen LogP contribution in [0.5, 0.6) is 0 Å². The summed E-state index contributed by atoms with van der Waals surface area (Å²) in [6.45, 7) is 4.72. The van der Waals surface area contributed by atoms with Crippen LogP contribution in [0.3, 0.4) is 0 Å². The highest BCUT2D eigenvalue weighted by molar-refractivity contribution is 5.69. The average Bonchev–Trinajstić information content (AvgIpc) is 2.84. The summed E-state index contributed by atoms with van der Waals surface area (Å²) in [4.78, 5) is 11.0. The van der Waals surface area contributed by atoms with Crippen LogP contribution in [0.1, 0.15) is 57.1 Å². The third-order valence-electron chi connectivity index (χ3n) is 5.10. The van der Waals surface area contributed by atoms with E-state index < -0.39 is 0 Å². The van der Waals surface area contributed by atoms with Gasteiger partial charge in [-0.25, -0.2) is 0 Å². The van der Waals surface area contributed by atoms with Crippen LogP contribution < -0.4 is 0 Å². The number of carbonyl (C=O) groups excluding carboxylic acids is 1. The van der Waals surface area contributed by atoms with Gasteiger partial charge in [-0.15, -0.1) is 0 Å². The molecular weight excluding hydrogens is 256 g/mol. The minimum Gasteiger partial charge on any atom is -0.303 e. The van der Waals surface area contributed by atoms with Crippen LogP contribution in [0, 0.1) is 5.41 Å². The van der Waals surface area contributed by atoms with Crippen LogP contribution in [-0.4, -0.2) is 6.29 Å². The second-order valence-electron chi connectivity index (χ2n) is 7.21. The molecule has 1 heteroatoms. The molecule has 1 unspecified atom stereocenters. The number of carbonyl (C=O) groups is 1. The third-order valence-corrected chi connectivity index (χ3v) is 5.10. The van der Waals surface area contributed by atoms with Gasteiger partial charge in [-0.05, 0) is 42.2 Å². The Balaban J connectivity index is 2.06. The van der Waals surface area contributed by atoms with Crippen LogP contribution in [-0.2, 0) is 10.2 Å². The molecule has 2 aliphatic rings.